The molecule has 0 spiro atoms. The van der Waals surface area contributed by atoms with Gasteiger partial charge in [-0.1, -0.05) is 25.1 Å². The van der Waals surface area contributed by atoms with Crippen molar-refractivity contribution in [2.24, 2.45) is 0 Å². The summed E-state index contributed by atoms with van der Waals surface area (Å²) in [4.78, 5) is 43.5. The van der Waals surface area contributed by atoms with Crippen molar-refractivity contribution in [3.8, 4) is 28.7 Å². The summed E-state index contributed by atoms with van der Waals surface area (Å²) in [6.45, 7) is 3.25. The molecule has 0 radical (unpaired) electrons. The van der Waals surface area contributed by atoms with Crippen molar-refractivity contribution in [3.63, 3.8) is 0 Å². The van der Waals surface area contributed by atoms with E-state index in [9.17, 15) is 14.4 Å². The Bertz CT molecular complexity index is 1900. The highest BCUT2D eigenvalue weighted by Crippen LogP contribution is 2.37. The number of Topliss-reactive ketones (excluding diaryl/α,β-unsaturated/α-hetero) is 1. The fraction of sp³-hybridized carbons (Fsp3) is 0.188. The number of fused-ring (bicyclic) bond motifs is 1. The number of rotatable bonds is 10. The Morgan fingerprint density at radius 3 is 2.33 bits per heavy atom. The molecule has 0 bridgehead atoms. The van der Waals surface area contributed by atoms with Gasteiger partial charge in [-0.05, 0) is 43.3 Å². The van der Waals surface area contributed by atoms with Crippen LogP contribution < -0.4 is 25.1 Å². The molecule has 0 fully saturated rings. The van der Waals surface area contributed by atoms with E-state index in [1.165, 1.54) is 41.9 Å². The Balaban J connectivity index is 1.44. The van der Waals surface area contributed by atoms with Crippen LogP contribution in [-0.4, -0.2) is 40.3 Å². The summed E-state index contributed by atoms with van der Waals surface area (Å²) in [6, 6.07) is 17.6. The lowest BCUT2D eigenvalue weighted by Crippen LogP contribution is -2.27. The summed E-state index contributed by atoms with van der Waals surface area (Å²) in [7, 11) is 3.02. The molecule has 0 atom stereocenters. The number of anilines is 1. The monoisotopic (exact) mass is 584 g/mol. The first kappa shape index (κ1) is 29.1. The molecule has 0 saturated heterocycles. The summed E-state index contributed by atoms with van der Waals surface area (Å²) >= 11 is 0. The maximum atomic E-state index is 15.2. The number of ether oxygens (including phenoxy) is 3. The van der Waals surface area contributed by atoms with Crippen LogP contribution in [0, 0.1) is 12.7 Å². The molecule has 1 N–H and O–H groups in total. The van der Waals surface area contributed by atoms with Crippen LogP contribution in [0.25, 0.3) is 16.6 Å². The minimum absolute atomic E-state index is 0.0806. The van der Waals surface area contributed by atoms with Gasteiger partial charge in [0.25, 0.3) is 11.5 Å². The number of amides is 1. The summed E-state index contributed by atoms with van der Waals surface area (Å²) in [5.41, 5.74) is 0.742. The van der Waals surface area contributed by atoms with E-state index in [1.54, 1.807) is 62.4 Å². The zero-order valence-corrected chi connectivity index (χ0v) is 24.0. The van der Waals surface area contributed by atoms with Gasteiger partial charge in [0.1, 0.15) is 11.3 Å². The Morgan fingerprint density at radius 2 is 1.65 bits per heavy atom. The number of halogens is 1. The lowest BCUT2D eigenvalue weighted by Gasteiger charge is -2.13. The molecule has 0 aliphatic heterocycles. The summed E-state index contributed by atoms with van der Waals surface area (Å²) < 4.78 is 34.6. The first-order valence-corrected chi connectivity index (χ1v) is 13.4. The van der Waals surface area contributed by atoms with Gasteiger partial charge in [-0.15, -0.1) is 0 Å². The van der Waals surface area contributed by atoms with Gasteiger partial charge in [-0.3, -0.25) is 24.0 Å². The second-order valence-electron chi connectivity index (χ2n) is 9.60. The number of benzene rings is 3. The third kappa shape index (κ3) is 5.69. The highest BCUT2D eigenvalue weighted by Gasteiger charge is 2.25. The molecule has 11 heteroatoms. The topological polar surface area (TPSA) is 114 Å². The molecule has 3 aromatic carbocycles. The lowest BCUT2D eigenvalue weighted by molar-refractivity contribution is -0.119. The Kier molecular flexibility index (Phi) is 8.24. The van der Waals surface area contributed by atoms with E-state index < -0.39 is 17.3 Å². The van der Waals surface area contributed by atoms with Crippen LogP contribution in [0.3, 0.4) is 0 Å². The molecule has 43 heavy (non-hydrogen) atoms. The second kappa shape index (κ2) is 12.2. The zero-order valence-electron chi connectivity index (χ0n) is 24.0. The van der Waals surface area contributed by atoms with Crippen LogP contribution in [0.5, 0.6) is 23.0 Å². The van der Waals surface area contributed by atoms with Gasteiger partial charge in [-0.25, -0.2) is 9.07 Å². The van der Waals surface area contributed by atoms with Crippen molar-refractivity contribution in [1.29, 1.82) is 0 Å². The van der Waals surface area contributed by atoms with Gasteiger partial charge < -0.3 is 19.5 Å². The van der Waals surface area contributed by atoms with Crippen molar-refractivity contribution in [2.75, 3.05) is 19.5 Å². The van der Waals surface area contributed by atoms with Crippen LogP contribution in [0.2, 0.25) is 0 Å². The van der Waals surface area contributed by atoms with Crippen LogP contribution in [-0.2, 0) is 11.3 Å². The molecule has 220 valence electrons. The maximum absolute atomic E-state index is 15.2. The number of hydrogen-bond acceptors (Lipinski definition) is 7. The Morgan fingerprint density at radius 1 is 0.930 bits per heavy atom. The standard InChI is InChI=1S/C32H29FN4O6/c1-5-22(38)18-36-19(2)30(32(40)37(36)21-9-7-6-8-10-21)31(39)35-20-11-12-27(24(33)15-20)43-26-13-14-34-25-17-29(42-4)28(41-3)16-23(25)26/h6-17H,5,18H2,1-4H3,(H,35,39). The van der Waals surface area contributed by atoms with Crippen molar-refractivity contribution in [2.45, 2.75) is 26.8 Å². The molecular weight excluding hydrogens is 555 g/mol. The Labute approximate surface area is 246 Å². The number of nitrogens with one attached hydrogen (secondary N) is 1. The molecular formula is C32H29FN4O6. The quantitative estimate of drug-likeness (QED) is 0.225. The molecule has 0 unspecified atom stereocenters. The average Bonchev–Trinajstić information content (AvgIpc) is 3.26. The summed E-state index contributed by atoms with van der Waals surface area (Å²) in [5, 5.41) is 3.18. The molecule has 2 heterocycles. The fourth-order valence-electron chi connectivity index (χ4n) is 4.71. The highest BCUT2D eigenvalue weighted by molar-refractivity contribution is 6.05. The second-order valence-corrected chi connectivity index (χ2v) is 9.60. The number of methoxy groups -OCH3 is 2. The number of para-hydroxylation sites is 1. The number of nitrogens with zero attached hydrogens (tertiary/aromatic N) is 3. The third-order valence-corrected chi connectivity index (χ3v) is 6.96. The number of ketones is 1. The largest absolute Gasteiger partial charge is 0.493 e. The van der Waals surface area contributed by atoms with Crippen LogP contribution in [0.15, 0.2) is 77.7 Å². The third-order valence-electron chi connectivity index (χ3n) is 6.96. The number of carbonyl (C=O) groups excluding carboxylic acids is 2. The molecule has 0 saturated carbocycles. The van der Waals surface area contributed by atoms with Gasteiger partial charge in [0.2, 0.25) is 0 Å². The maximum Gasteiger partial charge on any atom is 0.284 e. The normalized spacial score (nSPS) is 10.9. The van der Waals surface area contributed by atoms with Crippen LogP contribution >= 0.6 is 0 Å². The number of hydrogen-bond donors (Lipinski definition) is 1. The van der Waals surface area contributed by atoms with Crippen molar-refractivity contribution in [1.82, 2.24) is 14.3 Å². The van der Waals surface area contributed by atoms with E-state index in [-0.39, 0.29) is 35.7 Å². The van der Waals surface area contributed by atoms with Gasteiger partial charge in [0.05, 0.1) is 37.7 Å². The average molecular weight is 585 g/mol. The Hall–Kier alpha value is -5.45. The predicted octanol–water partition coefficient (Wildman–Crippen LogP) is 5.68. The fourth-order valence-corrected chi connectivity index (χ4v) is 4.71. The molecule has 5 aromatic rings. The zero-order chi connectivity index (χ0) is 30.7. The molecule has 0 aliphatic rings. The van der Waals surface area contributed by atoms with Gasteiger partial charge in [0.15, 0.2) is 28.8 Å². The van der Waals surface area contributed by atoms with E-state index in [0.29, 0.717) is 39.5 Å². The SMILES string of the molecule is CCC(=O)Cn1c(C)c(C(=O)Nc2ccc(Oc3ccnc4cc(OC)c(OC)cc34)c(F)c2)c(=O)n1-c1ccccc1. The van der Waals surface area contributed by atoms with E-state index in [4.69, 9.17) is 14.2 Å². The molecule has 0 aliphatic carbocycles. The predicted molar refractivity (Wildman–Crippen MR) is 159 cm³/mol. The number of pyridine rings is 1. The van der Waals surface area contributed by atoms with E-state index in [1.807, 2.05) is 0 Å². The lowest BCUT2D eigenvalue weighted by atomic mass is 10.1. The molecule has 5 rings (SSSR count). The first-order chi connectivity index (χ1) is 20.7. The minimum Gasteiger partial charge on any atom is -0.493 e. The van der Waals surface area contributed by atoms with E-state index in [2.05, 4.69) is 10.3 Å². The smallest absolute Gasteiger partial charge is 0.284 e. The minimum atomic E-state index is -0.743. The molecule has 2 aromatic heterocycles. The van der Waals surface area contributed by atoms with E-state index >= 15 is 4.39 Å². The number of carbonyl (C=O) groups is 2. The number of aromatic nitrogens is 3. The van der Waals surface area contributed by atoms with Crippen molar-refractivity contribution in [3.05, 3.63) is 100 Å². The van der Waals surface area contributed by atoms with Gasteiger partial charge >= 0.3 is 0 Å². The summed E-state index contributed by atoms with van der Waals surface area (Å²) in [5.74, 6) is -0.387. The van der Waals surface area contributed by atoms with E-state index in [0.717, 1.165) is 6.07 Å². The van der Waals surface area contributed by atoms with Crippen LogP contribution in [0.1, 0.15) is 29.4 Å². The van der Waals surface area contributed by atoms with Crippen LogP contribution in [0.4, 0.5) is 10.1 Å². The van der Waals surface area contributed by atoms with Crippen molar-refractivity contribution < 1.29 is 28.2 Å². The highest BCUT2D eigenvalue weighted by atomic mass is 19.1. The first-order valence-electron chi connectivity index (χ1n) is 13.4. The van der Waals surface area contributed by atoms with Crippen molar-refractivity contribution >= 4 is 28.3 Å². The summed E-state index contributed by atoms with van der Waals surface area (Å²) in [6.07, 6.45) is 1.80. The van der Waals surface area contributed by atoms with Gasteiger partial charge in [-0.2, -0.15) is 0 Å². The van der Waals surface area contributed by atoms with Gasteiger partial charge in [0, 0.05) is 35.8 Å². The molecule has 10 nitrogen and oxygen atoms in total. The molecule has 1 amide bonds.